The van der Waals surface area contributed by atoms with Crippen LogP contribution in [0.1, 0.15) is 6.42 Å². The molecule has 110 valence electrons. The maximum absolute atomic E-state index is 12.2. The monoisotopic (exact) mass is 390 g/mol. The molecule has 1 heterocycles. The van der Waals surface area contributed by atoms with Crippen LogP contribution in [0.4, 0.5) is 13.2 Å². The van der Waals surface area contributed by atoms with Crippen molar-refractivity contribution in [2.75, 3.05) is 33.2 Å². The van der Waals surface area contributed by atoms with Gasteiger partial charge in [0.1, 0.15) is 0 Å². The number of halogens is 4. The average Bonchev–Trinajstić information content (AvgIpc) is 2.69. The van der Waals surface area contributed by atoms with Crippen LogP contribution in [0.15, 0.2) is 4.99 Å². The summed E-state index contributed by atoms with van der Waals surface area (Å²) >= 11 is 0. The molecule has 1 unspecified atom stereocenters. The molecule has 0 aromatic heterocycles. The molecule has 0 saturated carbocycles. The van der Waals surface area contributed by atoms with Gasteiger partial charge in [-0.05, 0) is 6.42 Å². The minimum Gasteiger partial charge on any atom is -0.352 e. The van der Waals surface area contributed by atoms with Crippen molar-refractivity contribution in [2.45, 2.75) is 18.6 Å². The Hall–Kier alpha value is -0.690. The van der Waals surface area contributed by atoms with Gasteiger partial charge in [0.05, 0.1) is 13.1 Å². The highest BCUT2D eigenvalue weighted by Crippen LogP contribution is 2.19. The molecule has 1 atom stereocenters. The van der Waals surface area contributed by atoms with Crippen molar-refractivity contribution < 1.29 is 13.2 Å². The van der Waals surface area contributed by atoms with Gasteiger partial charge in [-0.3, -0.25) is 9.89 Å². The van der Waals surface area contributed by atoms with Crippen molar-refractivity contribution in [3.05, 3.63) is 0 Å². The first-order valence-corrected chi connectivity index (χ1v) is 5.64. The summed E-state index contributed by atoms with van der Waals surface area (Å²) in [7, 11) is 1.59. The molecule has 1 saturated heterocycles. The third-order valence-corrected chi connectivity index (χ3v) is 2.60. The van der Waals surface area contributed by atoms with Crippen LogP contribution in [0.2, 0.25) is 0 Å². The number of nitrogens with one attached hydrogen (secondary N) is 2. The van der Waals surface area contributed by atoms with E-state index in [0.29, 0.717) is 32.0 Å². The summed E-state index contributed by atoms with van der Waals surface area (Å²) in [5.74, 6) is 2.93. The molecule has 1 fully saturated rings. The number of nitrogens with zero attached hydrogens (tertiary/aromatic N) is 2. The van der Waals surface area contributed by atoms with Crippen molar-refractivity contribution in [2.24, 2.45) is 4.99 Å². The third kappa shape index (κ3) is 7.47. The van der Waals surface area contributed by atoms with Crippen molar-refractivity contribution in [1.82, 2.24) is 15.5 Å². The lowest BCUT2D eigenvalue weighted by atomic mass is 10.3. The van der Waals surface area contributed by atoms with Crippen molar-refractivity contribution in [1.29, 1.82) is 0 Å². The molecule has 19 heavy (non-hydrogen) atoms. The van der Waals surface area contributed by atoms with Gasteiger partial charge < -0.3 is 10.6 Å². The topological polar surface area (TPSA) is 39.7 Å². The lowest BCUT2D eigenvalue weighted by Crippen LogP contribution is -2.45. The van der Waals surface area contributed by atoms with Crippen LogP contribution in [0.3, 0.4) is 0 Å². The van der Waals surface area contributed by atoms with Crippen LogP contribution >= 0.6 is 24.0 Å². The zero-order chi connectivity index (χ0) is 13.6. The second-order valence-electron chi connectivity index (χ2n) is 4.11. The maximum Gasteiger partial charge on any atom is 0.401 e. The smallest absolute Gasteiger partial charge is 0.352 e. The van der Waals surface area contributed by atoms with Gasteiger partial charge in [0, 0.05) is 26.2 Å². The summed E-state index contributed by atoms with van der Waals surface area (Å²) in [4.78, 5) is 5.33. The fourth-order valence-corrected chi connectivity index (χ4v) is 1.87. The molecule has 0 aromatic rings. The number of aliphatic imine (C=N–C) groups is 1. The number of hydrogen-bond donors (Lipinski definition) is 2. The first kappa shape index (κ1) is 18.3. The van der Waals surface area contributed by atoms with Gasteiger partial charge in [-0.15, -0.1) is 30.4 Å². The van der Waals surface area contributed by atoms with Gasteiger partial charge in [0.15, 0.2) is 5.96 Å². The number of hydrogen-bond acceptors (Lipinski definition) is 2. The average molecular weight is 390 g/mol. The third-order valence-electron chi connectivity index (χ3n) is 2.60. The number of terminal acetylenes is 1. The molecule has 1 rings (SSSR count). The normalized spacial score (nSPS) is 20.6. The van der Waals surface area contributed by atoms with Gasteiger partial charge in [-0.25, -0.2) is 0 Å². The first-order valence-electron chi connectivity index (χ1n) is 5.64. The Morgan fingerprint density at radius 3 is 2.74 bits per heavy atom. The van der Waals surface area contributed by atoms with Crippen LogP contribution < -0.4 is 10.6 Å². The Balaban J connectivity index is 0.00000324. The molecule has 2 N–H and O–H groups in total. The Morgan fingerprint density at radius 2 is 2.21 bits per heavy atom. The summed E-state index contributed by atoms with van der Waals surface area (Å²) in [6, 6.07) is -0.0312. The van der Waals surface area contributed by atoms with Crippen LogP contribution in [0, 0.1) is 12.3 Å². The summed E-state index contributed by atoms with van der Waals surface area (Å²) in [6.07, 6.45) is 1.62. The van der Waals surface area contributed by atoms with E-state index in [0.717, 1.165) is 0 Å². The zero-order valence-corrected chi connectivity index (χ0v) is 13.0. The molecule has 0 spiro atoms. The van der Waals surface area contributed by atoms with E-state index in [-0.39, 0.29) is 30.0 Å². The Morgan fingerprint density at radius 1 is 1.53 bits per heavy atom. The molecule has 8 heteroatoms. The number of likely N-dealkylation sites (tertiary alicyclic amines) is 1. The molecule has 1 aliphatic heterocycles. The highest BCUT2D eigenvalue weighted by atomic mass is 127. The molecular formula is C11H18F3IN4. The molecule has 0 radical (unpaired) electrons. The molecular weight excluding hydrogens is 372 g/mol. The van der Waals surface area contributed by atoms with Crippen LogP contribution in [-0.2, 0) is 0 Å². The summed E-state index contributed by atoms with van der Waals surface area (Å²) in [5.41, 5.74) is 0. The van der Waals surface area contributed by atoms with E-state index in [1.165, 1.54) is 4.90 Å². The minimum atomic E-state index is -4.14. The Bertz CT molecular complexity index is 338. The molecule has 1 aliphatic rings. The SMILES string of the molecule is C#CCNC(=NC)NC1CCN(CC(F)(F)F)C1.I. The second-order valence-corrected chi connectivity index (χ2v) is 4.11. The molecule has 0 amide bonds. The van der Waals surface area contributed by atoms with Crippen LogP contribution in [0.25, 0.3) is 0 Å². The van der Waals surface area contributed by atoms with Crippen molar-refractivity contribution in [3.63, 3.8) is 0 Å². The summed E-state index contributed by atoms with van der Waals surface area (Å²) < 4.78 is 36.6. The van der Waals surface area contributed by atoms with Gasteiger partial charge in [0.25, 0.3) is 0 Å². The van der Waals surface area contributed by atoms with Gasteiger partial charge in [0.2, 0.25) is 0 Å². The lowest BCUT2D eigenvalue weighted by molar-refractivity contribution is -0.143. The number of rotatable bonds is 3. The fourth-order valence-electron chi connectivity index (χ4n) is 1.87. The molecule has 0 aliphatic carbocycles. The van der Waals surface area contributed by atoms with E-state index in [4.69, 9.17) is 6.42 Å². The van der Waals surface area contributed by atoms with E-state index in [9.17, 15) is 13.2 Å². The molecule has 0 aromatic carbocycles. The lowest BCUT2D eigenvalue weighted by Gasteiger charge is -2.19. The molecule has 0 bridgehead atoms. The zero-order valence-electron chi connectivity index (χ0n) is 10.6. The quantitative estimate of drug-likeness (QED) is 0.328. The Labute approximate surface area is 128 Å². The van der Waals surface area contributed by atoms with Gasteiger partial charge in [-0.2, -0.15) is 13.2 Å². The van der Waals surface area contributed by atoms with E-state index in [2.05, 4.69) is 21.5 Å². The Kier molecular flexibility index (Phi) is 8.17. The largest absolute Gasteiger partial charge is 0.401 e. The van der Waals surface area contributed by atoms with Crippen molar-refractivity contribution in [3.8, 4) is 12.3 Å². The summed E-state index contributed by atoms with van der Waals surface area (Å²) in [6.45, 7) is 0.264. The fraction of sp³-hybridized carbons (Fsp3) is 0.727. The molecule has 4 nitrogen and oxygen atoms in total. The van der Waals surface area contributed by atoms with Crippen LogP contribution in [-0.4, -0.2) is 56.3 Å². The second kappa shape index (κ2) is 8.47. The van der Waals surface area contributed by atoms with E-state index in [1.54, 1.807) is 7.05 Å². The highest BCUT2D eigenvalue weighted by Gasteiger charge is 2.34. The van der Waals surface area contributed by atoms with Gasteiger partial charge in [-0.1, -0.05) is 5.92 Å². The van der Waals surface area contributed by atoms with E-state index >= 15 is 0 Å². The number of guanidine groups is 1. The first-order chi connectivity index (χ1) is 8.44. The number of alkyl halides is 3. The predicted octanol–water partition coefficient (Wildman–Crippen LogP) is 1.04. The van der Waals surface area contributed by atoms with E-state index in [1.807, 2.05) is 0 Å². The summed E-state index contributed by atoms with van der Waals surface area (Å²) in [5, 5.41) is 5.92. The van der Waals surface area contributed by atoms with Crippen molar-refractivity contribution >= 4 is 29.9 Å². The highest BCUT2D eigenvalue weighted by molar-refractivity contribution is 14.0. The van der Waals surface area contributed by atoms with Gasteiger partial charge >= 0.3 is 6.18 Å². The van der Waals surface area contributed by atoms with E-state index < -0.39 is 12.7 Å². The minimum absolute atomic E-state index is 0. The standard InChI is InChI=1S/C11H17F3N4.HI/c1-3-5-16-10(15-2)17-9-4-6-18(7-9)8-11(12,13)14;/h1,9H,4-8H2,2H3,(H2,15,16,17);1H. The maximum atomic E-state index is 12.2. The predicted molar refractivity (Wildman–Crippen MR) is 79.6 cm³/mol. The van der Waals surface area contributed by atoms with Crippen LogP contribution in [0.5, 0.6) is 0 Å².